The summed E-state index contributed by atoms with van der Waals surface area (Å²) in [5.41, 5.74) is 3.10. The van der Waals surface area contributed by atoms with E-state index in [2.05, 4.69) is 42.5 Å². The molecule has 2 heteroatoms. The predicted molar refractivity (Wildman–Crippen MR) is 89.7 cm³/mol. The van der Waals surface area contributed by atoms with Gasteiger partial charge in [-0.15, -0.1) is 0 Å². The molecule has 0 N–H and O–H groups in total. The average molecular weight is 290 g/mol. The largest absolute Gasteiger partial charge is 0.247 e. The minimum Gasteiger partial charge on any atom is -0.247 e. The highest BCUT2D eigenvalue weighted by Crippen LogP contribution is 2.32. The molecule has 0 fully saturated rings. The second-order valence-corrected chi connectivity index (χ2v) is 5.47. The molecule has 4 rings (SSSR count). The first-order valence-electron chi connectivity index (χ1n) is 6.86. The summed E-state index contributed by atoms with van der Waals surface area (Å²) in [5.74, 6) is 0. The lowest BCUT2D eigenvalue weighted by atomic mass is 10.0. The first-order chi connectivity index (χ1) is 10.3. The van der Waals surface area contributed by atoms with Gasteiger partial charge in [0.25, 0.3) is 0 Å². The van der Waals surface area contributed by atoms with E-state index in [0.717, 1.165) is 21.8 Å². The number of fused-ring (bicyclic) bond motifs is 3. The van der Waals surface area contributed by atoms with Gasteiger partial charge in [-0.25, -0.2) is 4.98 Å². The van der Waals surface area contributed by atoms with E-state index in [1.807, 2.05) is 30.3 Å². The van der Waals surface area contributed by atoms with E-state index in [-0.39, 0.29) is 0 Å². The highest BCUT2D eigenvalue weighted by molar-refractivity contribution is 6.30. The highest BCUT2D eigenvalue weighted by Gasteiger charge is 2.09. The molecule has 0 saturated heterocycles. The molecular formula is C19H12ClN. The summed E-state index contributed by atoms with van der Waals surface area (Å²) in [6.07, 6.45) is 0. The van der Waals surface area contributed by atoms with Crippen LogP contribution in [0.25, 0.3) is 32.9 Å². The van der Waals surface area contributed by atoms with Crippen molar-refractivity contribution in [3.8, 4) is 11.3 Å². The number of aromatic nitrogens is 1. The first-order valence-corrected chi connectivity index (χ1v) is 7.24. The van der Waals surface area contributed by atoms with Gasteiger partial charge in [0.1, 0.15) is 0 Å². The highest BCUT2D eigenvalue weighted by atomic mass is 35.5. The Morgan fingerprint density at radius 3 is 2.00 bits per heavy atom. The quantitative estimate of drug-likeness (QED) is 0.409. The average Bonchev–Trinajstić information content (AvgIpc) is 2.55. The van der Waals surface area contributed by atoms with Crippen molar-refractivity contribution in [2.24, 2.45) is 0 Å². The summed E-state index contributed by atoms with van der Waals surface area (Å²) >= 11 is 5.99. The summed E-state index contributed by atoms with van der Waals surface area (Å²) in [6, 6.07) is 24.5. The fourth-order valence-corrected chi connectivity index (χ4v) is 2.86. The van der Waals surface area contributed by atoms with Crippen LogP contribution in [0.5, 0.6) is 0 Å². The topological polar surface area (TPSA) is 12.9 Å². The van der Waals surface area contributed by atoms with Crippen LogP contribution in [-0.4, -0.2) is 4.98 Å². The molecule has 3 aromatic carbocycles. The third kappa shape index (κ3) is 2.07. The van der Waals surface area contributed by atoms with Gasteiger partial charge in [-0.3, -0.25) is 0 Å². The van der Waals surface area contributed by atoms with Gasteiger partial charge in [0, 0.05) is 21.4 Å². The number of rotatable bonds is 1. The van der Waals surface area contributed by atoms with Crippen molar-refractivity contribution in [3.05, 3.63) is 77.8 Å². The zero-order chi connectivity index (χ0) is 14.2. The molecule has 0 bridgehead atoms. The number of hydrogen-bond donors (Lipinski definition) is 0. The van der Waals surface area contributed by atoms with Gasteiger partial charge < -0.3 is 0 Å². The number of hydrogen-bond acceptors (Lipinski definition) is 1. The molecular weight excluding hydrogens is 278 g/mol. The smallest absolute Gasteiger partial charge is 0.0788 e. The number of nitrogens with zero attached hydrogens (tertiary/aromatic N) is 1. The molecule has 1 nitrogen and oxygen atoms in total. The normalized spacial score (nSPS) is 11.1. The fraction of sp³-hybridized carbons (Fsp3) is 0. The van der Waals surface area contributed by atoms with E-state index < -0.39 is 0 Å². The zero-order valence-electron chi connectivity index (χ0n) is 11.3. The standard InChI is InChI=1S/C19H12ClN/c20-14-11-9-13(10-12-14)19-17-7-2-1-5-15(17)16-6-3-4-8-18(16)21-19/h1-12H. The molecule has 21 heavy (non-hydrogen) atoms. The van der Waals surface area contributed by atoms with Crippen LogP contribution in [0.4, 0.5) is 0 Å². The van der Waals surface area contributed by atoms with Gasteiger partial charge in [0.2, 0.25) is 0 Å². The Bertz CT molecular complexity index is 942. The summed E-state index contributed by atoms with van der Waals surface area (Å²) < 4.78 is 0. The molecule has 0 aliphatic heterocycles. The molecule has 0 aliphatic rings. The maximum absolute atomic E-state index is 5.99. The number of pyridine rings is 1. The maximum atomic E-state index is 5.99. The second-order valence-electron chi connectivity index (χ2n) is 5.03. The molecule has 0 saturated carbocycles. The lowest BCUT2D eigenvalue weighted by molar-refractivity contribution is 1.43. The van der Waals surface area contributed by atoms with Crippen molar-refractivity contribution in [3.63, 3.8) is 0 Å². The van der Waals surface area contributed by atoms with Gasteiger partial charge >= 0.3 is 0 Å². The SMILES string of the molecule is Clc1ccc(-c2nc3ccccc3c3ccccc23)cc1. The van der Waals surface area contributed by atoms with Gasteiger partial charge in [-0.05, 0) is 23.6 Å². The monoisotopic (exact) mass is 289 g/mol. The molecule has 0 atom stereocenters. The predicted octanol–water partition coefficient (Wildman–Crippen LogP) is 5.71. The summed E-state index contributed by atoms with van der Waals surface area (Å²) in [6.45, 7) is 0. The second kappa shape index (κ2) is 4.87. The Kier molecular flexibility index (Phi) is 2.87. The summed E-state index contributed by atoms with van der Waals surface area (Å²) in [7, 11) is 0. The Labute approximate surface area is 127 Å². The van der Waals surface area contributed by atoms with E-state index in [9.17, 15) is 0 Å². The molecule has 4 aromatic rings. The molecule has 0 radical (unpaired) electrons. The summed E-state index contributed by atoms with van der Waals surface area (Å²) in [5, 5.41) is 4.32. The van der Waals surface area contributed by atoms with Crippen molar-refractivity contribution in [1.82, 2.24) is 4.98 Å². The van der Waals surface area contributed by atoms with Crippen LogP contribution in [0, 0.1) is 0 Å². The molecule has 0 amide bonds. The molecule has 0 unspecified atom stereocenters. The number of benzene rings is 3. The third-order valence-corrected chi connectivity index (χ3v) is 3.98. The Hall–Kier alpha value is -2.38. The van der Waals surface area contributed by atoms with Gasteiger partial charge in [0.05, 0.1) is 11.2 Å². The lowest BCUT2D eigenvalue weighted by Crippen LogP contribution is -1.89. The maximum Gasteiger partial charge on any atom is 0.0788 e. The van der Waals surface area contributed by atoms with Crippen molar-refractivity contribution >= 4 is 33.3 Å². The van der Waals surface area contributed by atoms with Crippen molar-refractivity contribution < 1.29 is 0 Å². The molecule has 1 heterocycles. The number of para-hydroxylation sites is 1. The van der Waals surface area contributed by atoms with Gasteiger partial charge in [-0.2, -0.15) is 0 Å². The molecule has 0 aliphatic carbocycles. The van der Waals surface area contributed by atoms with E-state index in [1.54, 1.807) is 0 Å². The molecule has 0 spiro atoms. The van der Waals surface area contributed by atoms with Crippen LogP contribution in [0.1, 0.15) is 0 Å². The zero-order valence-corrected chi connectivity index (χ0v) is 12.0. The van der Waals surface area contributed by atoms with Crippen molar-refractivity contribution in [1.29, 1.82) is 0 Å². The minimum absolute atomic E-state index is 0.740. The van der Waals surface area contributed by atoms with E-state index in [4.69, 9.17) is 16.6 Å². The van der Waals surface area contributed by atoms with Crippen LogP contribution < -0.4 is 0 Å². The van der Waals surface area contributed by atoms with Crippen LogP contribution in [0.15, 0.2) is 72.8 Å². The Morgan fingerprint density at radius 2 is 1.24 bits per heavy atom. The van der Waals surface area contributed by atoms with Gasteiger partial charge in [0.15, 0.2) is 0 Å². The Morgan fingerprint density at radius 1 is 0.619 bits per heavy atom. The van der Waals surface area contributed by atoms with Crippen LogP contribution in [0.2, 0.25) is 5.02 Å². The molecule has 100 valence electrons. The van der Waals surface area contributed by atoms with Crippen LogP contribution in [-0.2, 0) is 0 Å². The number of halogens is 1. The fourth-order valence-electron chi connectivity index (χ4n) is 2.73. The third-order valence-electron chi connectivity index (χ3n) is 3.73. The molecule has 1 aromatic heterocycles. The first kappa shape index (κ1) is 12.4. The van der Waals surface area contributed by atoms with Crippen molar-refractivity contribution in [2.75, 3.05) is 0 Å². The van der Waals surface area contributed by atoms with E-state index in [0.29, 0.717) is 0 Å². The lowest BCUT2D eigenvalue weighted by Gasteiger charge is -2.09. The van der Waals surface area contributed by atoms with Crippen LogP contribution >= 0.6 is 11.6 Å². The van der Waals surface area contributed by atoms with E-state index in [1.165, 1.54) is 16.2 Å². The summed E-state index contributed by atoms with van der Waals surface area (Å²) in [4.78, 5) is 4.86. The van der Waals surface area contributed by atoms with Crippen molar-refractivity contribution in [2.45, 2.75) is 0 Å². The van der Waals surface area contributed by atoms with E-state index >= 15 is 0 Å². The minimum atomic E-state index is 0.740. The Balaban J connectivity index is 2.13. The van der Waals surface area contributed by atoms with Crippen LogP contribution in [0.3, 0.4) is 0 Å². The van der Waals surface area contributed by atoms with Gasteiger partial charge in [-0.1, -0.05) is 66.2 Å².